The molecule has 0 radical (unpaired) electrons. The van der Waals surface area contributed by atoms with E-state index in [9.17, 15) is 9.59 Å². The van der Waals surface area contributed by atoms with Crippen LogP contribution in [0, 0.1) is 0 Å². The molecule has 1 fully saturated rings. The minimum absolute atomic E-state index is 0.0397. The van der Waals surface area contributed by atoms with E-state index in [1.807, 2.05) is 41.7 Å². The molecule has 2 amide bonds. The molecular weight excluding hydrogens is 362 g/mol. The van der Waals surface area contributed by atoms with Crippen molar-refractivity contribution in [1.82, 2.24) is 0 Å². The van der Waals surface area contributed by atoms with Crippen LogP contribution in [0.15, 0.2) is 66.7 Å². The Balaban J connectivity index is 1.34. The SMILES string of the molecule is C[C@@H]([NH2+]CC(=O)Nc1ccc(N2CCCC2=O)cc1)c1cccc2ccccc12. The van der Waals surface area contributed by atoms with Crippen LogP contribution < -0.4 is 15.5 Å². The van der Waals surface area contributed by atoms with Gasteiger partial charge in [-0.05, 0) is 48.4 Å². The van der Waals surface area contributed by atoms with Crippen LogP contribution in [0.2, 0.25) is 0 Å². The zero-order chi connectivity index (χ0) is 20.2. The van der Waals surface area contributed by atoms with Crippen molar-refractivity contribution in [2.45, 2.75) is 25.8 Å². The monoisotopic (exact) mass is 388 g/mol. The van der Waals surface area contributed by atoms with Gasteiger partial charge in [-0.25, -0.2) is 0 Å². The molecule has 1 aliphatic heterocycles. The van der Waals surface area contributed by atoms with Crippen LogP contribution in [0.25, 0.3) is 10.8 Å². The van der Waals surface area contributed by atoms with Gasteiger partial charge in [0.2, 0.25) is 5.91 Å². The number of rotatable bonds is 6. The third-order valence-electron chi connectivity index (χ3n) is 5.51. The van der Waals surface area contributed by atoms with E-state index in [2.05, 4.69) is 42.6 Å². The fourth-order valence-corrected chi connectivity index (χ4v) is 3.92. The second-order valence-corrected chi connectivity index (χ2v) is 7.54. The van der Waals surface area contributed by atoms with Crippen molar-refractivity contribution >= 4 is 34.0 Å². The summed E-state index contributed by atoms with van der Waals surface area (Å²) in [5.74, 6) is 0.126. The Morgan fingerprint density at radius 3 is 2.59 bits per heavy atom. The first-order valence-electron chi connectivity index (χ1n) is 10.1. The number of benzene rings is 3. The van der Waals surface area contributed by atoms with E-state index in [1.165, 1.54) is 16.3 Å². The first-order chi connectivity index (χ1) is 14.1. The largest absolute Gasteiger partial charge is 0.332 e. The molecule has 1 aliphatic rings. The van der Waals surface area contributed by atoms with Crippen LogP contribution in [-0.4, -0.2) is 24.9 Å². The zero-order valence-corrected chi connectivity index (χ0v) is 16.6. The number of amides is 2. The molecule has 29 heavy (non-hydrogen) atoms. The van der Waals surface area contributed by atoms with Crippen LogP contribution >= 0.6 is 0 Å². The van der Waals surface area contributed by atoms with E-state index >= 15 is 0 Å². The van der Waals surface area contributed by atoms with Crippen LogP contribution in [0.1, 0.15) is 31.4 Å². The standard InChI is InChI=1S/C24H25N3O2/c1-17(21-9-4-7-18-6-2-3-8-22(18)21)25-16-23(28)26-19-11-13-20(14-12-19)27-15-5-10-24(27)29/h2-4,6-9,11-14,17,25H,5,10,15-16H2,1H3,(H,26,28)/p+1/t17-/m1/s1. The molecule has 3 aromatic rings. The Morgan fingerprint density at radius 2 is 1.83 bits per heavy atom. The van der Waals surface area contributed by atoms with Gasteiger partial charge in [0.1, 0.15) is 6.04 Å². The Bertz CT molecular complexity index is 1020. The van der Waals surface area contributed by atoms with Crippen LogP contribution in [0.4, 0.5) is 11.4 Å². The van der Waals surface area contributed by atoms with Crippen molar-refractivity contribution in [3.63, 3.8) is 0 Å². The highest BCUT2D eigenvalue weighted by molar-refractivity contribution is 5.96. The number of anilines is 2. The lowest BCUT2D eigenvalue weighted by atomic mass is 10.00. The molecule has 0 aromatic heterocycles. The average Bonchev–Trinajstić information content (AvgIpc) is 3.18. The number of nitrogens with two attached hydrogens (primary N) is 1. The van der Waals surface area contributed by atoms with Gasteiger partial charge in [0, 0.05) is 29.9 Å². The van der Waals surface area contributed by atoms with Gasteiger partial charge < -0.3 is 15.5 Å². The summed E-state index contributed by atoms with van der Waals surface area (Å²) in [5, 5.41) is 7.43. The molecule has 0 aliphatic carbocycles. The van der Waals surface area contributed by atoms with E-state index in [1.54, 1.807) is 4.90 Å². The number of carbonyl (C=O) groups is 2. The molecule has 0 bridgehead atoms. The molecule has 1 atom stereocenters. The van der Waals surface area contributed by atoms with Gasteiger partial charge in [-0.1, -0.05) is 42.5 Å². The summed E-state index contributed by atoms with van der Waals surface area (Å²) in [6.45, 7) is 3.24. The summed E-state index contributed by atoms with van der Waals surface area (Å²) < 4.78 is 0. The summed E-state index contributed by atoms with van der Waals surface area (Å²) in [7, 11) is 0. The molecule has 0 unspecified atom stereocenters. The number of hydrogen-bond acceptors (Lipinski definition) is 2. The normalized spacial score (nSPS) is 14.9. The Kier molecular flexibility index (Phi) is 5.58. The first kappa shape index (κ1) is 19.2. The smallest absolute Gasteiger partial charge is 0.279 e. The molecule has 1 saturated heterocycles. The molecule has 148 valence electrons. The average molecular weight is 388 g/mol. The predicted molar refractivity (Wildman–Crippen MR) is 116 cm³/mol. The molecular formula is C24H26N3O2+. The van der Waals surface area contributed by atoms with Crippen LogP contribution in [0.3, 0.4) is 0 Å². The van der Waals surface area contributed by atoms with Crippen molar-refractivity contribution in [2.24, 2.45) is 0 Å². The van der Waals surface area contributed by atoms with Gasteiger partial charge in [0.15, 0.2) is 6.54 Å². The van der Waals surface area contributed by atoms with Gasteiger partial charge in [-0.2, -0.15) is 0 Å². The molecule has 3 N–H and O–H groups in total. The summed E-state index contributed by atoms with van der Waals surface area (Å²) >= 11 is 0. The number of fused-ring (bicyclic) bond motifs is 1. The predicted octanol–water partition coefficient (Wildman–Crippen LogP) is 3.23. The van der Waals surface area contributed by atoms with Gasteiger partial charge in [0.25, 0.3) is 5.91 Å². The Labute approximate surface area is 170 Å². The molecule has 5 nitrogen and oxygen atoms in total. The molecule has 5 heteroatoms. The summed E-state index contributed by atoms with van der Waals surface area (Å²) in [6, 6.07) is 22.3. The van der Waals surface area contributed by atoms with Crippen molar-refractivity contribution in [2.75, 3.05) is 23.3 Å². The fourth-order valence-electron chi connectivity index (χ4n) is 3.92. The third kappa shape index (κ3) is 4.30. The van der Waals surface area contributed by atoms with Crippen LogP contribution in [-0.2, 0) is 9.59 Å². The van der Waals surface area contributed by atoms with Crippen molar-refractivity contribution in [3.05, 3.63) is 72.3 Å². The number of hydrogen-bond donors (Lipinski definition) is 2. The maximum Gasteiger partial charge on any atom is 0.279 e. The fraction of sp³-hybridized carbons (Fsp3) is 0.250. The van der Waals surface area contributed by atoms with Crippen molar-refractivity contribution in [3.8, 4) is 0 Å². The highest BCUT2D eigenvalue weighted by Gasteiger charge is 2.21. The van der Waals surface area contributed by atoms with E-state index in [0.29, 0.717) is 13.0 Å². The summed E-state index contributed by atoms with van der Waals surface area (Å²) in [4.78, 5) is 26.0. The third-order valence-corrected chi connectivity index (χ3v) is 5.51. The molecule has 1 heterocycles. The maximum absolute atomic E-state index is 12.4. The van der Waals surface area contributed by atoms with Crippen molar-refractivity contribution < 1.29 is 14.9 Å². The minimum atomic E-state index is -0.0397. The number of quaternary nitrogens is 1. The molecule has 0 spiro atoms. The number of nitrogens with one attached hydrogen (secondary N) is 1. The summed E-state index contributed by atoms with van der Waals surface area (Å²) in [5.41, 5.74) is 2.87. The van der Waals surface area contributed by atoms with Crippen molar-refractivity contribution in [1.29, 1.82) is 0 Å². The van der Waals surface area contributed by atoms with E-state index < -0.39 is 0 Å². The lowest BCUT2D eigenvalue weighted by molar-refractivity contribution is -0.682. The molecule has 3 aromatic carbocycles. The minimum Gasteiger partial charge on any atom is -0.332 e. The highest BCUT2D eigenvalue weighted by Crippen LogP contribution is 2.23. The number of nitrogens with zero attached hydrogens (tertiary/aromatic N) is 1. The molecule has 0 saturated carbocycles. The molecule has 4 rings (SSSR count). The van der Waals surface area contributed by atoms with Gasteiger partial charge in [-0.15, -0.1) is 0 Å². The Hall–Kier alpha value is -3.18. The lowest BCUT2D eigenvalue weighted by Gasteiger charge is -2.16. The second-order valence-electron chi connectivity index (χ2n) is 7.54. The number of carbonyl (C=O) groups excluding carboxylic acids is 2. The maximum atomic E-state index is 12.4. The lowest BCUT2D eigenvalue weighted by Crippen LogP contribution is -2.86. The highest BCUT2D eigenvalue weighted by atomic mass is 16.2. The zero-order valence-electron chi connectivity index (χ0n) is 16.6. The quantitative estimate of drug-likeness (QED) is 0.681. The van der Waals surface area contributed by atoms with E-state index in [4.69, 9.17) is 0 Å². The Morgan fingerprint density at radius 1 is 1.07 bits per heavy atom. The van der Waals surface area contributed by atoms with Crippen LogP contribution in [0.5, 0.6) is 0 Å². The van der Waals surface area contributed by atoms with E-state index in [-0.39, 0.29) is 17.9 Å². The van der Waals surface area contributed by atoms with Gasteiger partial charge >= 0.3 is 0 Å². The summed E-state index contributed by atoms with van der Waals surface area (Å²) in [6.07, 6.45) is 1.52. The van der Waals surface area contributed by atoms with Gasteiger partial charge in [0.05, 0.1) is 0 Å². The first-order valence-corrected chi connectivity index (χ1v) is 10.1. The van der Waals surface area contributed by atoms with E-state index in [0.717, 1.165) is 24.3 Å². The topological polar surface area (TPSA) is 66.0 Å². The van der Waals surface area contributed by atoms with Gasteiger partial charge in [-0.3, -0.25) is 9.59 Å². The second kappa shape index (κ2) is 8.45.